The number of hydrogen-bond acceptors (Lipinski definition) is 2. The van der Waals surface area contributed by atoms with Crippen LogP contribution in [0.2, 0.25) is 0 Å². The molecule has 0 bridgehead atoms. The molecule has 0 unspecified atom stereocenters. The van der Waals surface area contributed by atoms with Crippen LogP contribution in [0.1, 0.15) is 99.3 Å². The van der Waals surface area contributed by atoms with Gasteiger partial charge in [0.1, 0.15) is 0 Å². The van der Waals surface area contributed by atoms with Crippen molar-refractivity contribution in [1.82, 2.24) is 0 Å². The molecule has 2 N–H and O–H groups in total. The van der Waals surface area contributed by atoms with Crippen LogP contribution in [0.25, 0.3) is 0 Å². The van der Waals surface area contributed by atoms with E-state index in [-0.39, 0.29) is 17.6 Å². The first-order valence-corrected chi connectivity index (χ1v) is 13.7. The summed E-state index contributed by atoms with van der Waals surface area (Å²) in [5.74, 6) is 5.39. The van der Waals surface area contributed by atoms with E-state index in [1.807, 2.05) is 0 Å². The van der Waals surface area contributed by atoms with Gasteiger partial charge in [-0.1, -0.05) is 53.7 Å². The molecule has 178 valence electrons. The summed E-state index contributed by atoms with van der Waals surface area (Å²) in [6.07, 6.45) is 15.2. The number of hydrogen-bond donors (Lipinski definition) is 2. The number of allylic oxidation sites excluding steroid dienone is 2. The van der Waals surface area contributed by atoms with Crippen LogP contribution in [0.15, 0.2) is 12.2 Å². The van der Waals surface area contributed by atoms with Crippen molar-refractivity contribution in [3.63, 3.8) is 0 Å². The van der Waals surface area contributed by atoms with E-state index in [0.717, 1.165) is 49.4 Å². The highest BCUT2D eigenvalue weighted by molar-refractivity contribution is 5.12. The van der Waals surface area contributed by atoms with Crippen LogP contribution in [0.5, 0.6) is 0 Å². The fourth-order valence-corrected chi connectivity index (χ4v) is 9.46. The lowest BCUT2D eigenvalue weighted by atomic mass is 9.44. The SMILES string of the molecule is CC[C@H](/C=C/[C@@H](C)[C@H]1CC[C@H]2[C@@H]3C[C@@H](O)[C@H]4C[C@H](O)CC[C@]4(C)[C@H]3CC[C@]12C)C(C)C. The molecule has 0 aromatic rings. The Morgan fingerprint density at radius 1 is 0.839 bits per heavy atom. The second kappa shape index (κ2) is 8.79. The van der Waals surface area contributed by atoms with Gasteiger partial charge in [-0.05, 0) is 116 Å². The smallest absolute Gasteiger partial charge is 0.0577 e. The highest BCUT2D eigenvalue weighted by Crippen LogP contribution is 2.68. The Morgan fingerprint density at radius 3 is 2.19 bits per heavy atom. The zero-order valence-electron chi connectivity index (χ0n) is 21.2. The molecule has 11 atom stereocenters. The zero-order chi connectivity index (χ0) is 22.6. The van der Waals surface area contributed by atoms with E-state index in [1.165, 1.54) is 32.1 Å². The van der Waals surface area contributed by atoms with Crippen molar-refractivity contribution in [3.8, 4) is 0 Å². The van der Waals surface area contributed by atoms with Gasteiger partial charge in [0.25, 0.3) is 0 Å². The molecule has 4 fully saturated rings. The summed E-state index contributed by atoms with van der Waals surface area (Å²) in [6, 6.07) is 0. The number of aliphatic hydroxyl groups excluding tert-OH is 2. The first-order chi connectivity index (χ1) is 14.6. The molecule has 0 amide bonds. The molecule has 2 nitrogen and oxygen atoms in total. The van der Waals surface area contributed by atoms with Crippen LogP contribution in [-0.2, 0) is 0 Å². The summed E-state index contributed by atoms with van der Waals surface area (Å²) in [6.45, 7) is 14.6. The van der Waals surface area contributed by atoms with Crippen LogP contribution >= 0.6 is 0 Å². The Labute approximate surface area is 192 Å². The molecule has 0 saturated heterocycles. The molecule has 0 aliphatic heterocycles. The fourth-order valence-electron chi connectivity index (χ4n) is 9.46. The third-order valence-corrected chi connectivity index (χ3v) is 11.3. The van der Waals surface area contributed by atoms with Gasteiger partial charge in [0.05, 0.1) is 12.2 Å². The Morgan fingerprint density at radius 2 is 1.52 bits per heavy atom. The molecular weight excluding hydrogens is 380 g/mol. The fraction of sp³-hybridized carbons (Fsp3) is 0.931. The lowest BCUT2D eigenvalue weighted by Gasteiger charge is -2.62. The average molecular weight is 431 g/mol. The molecule has 0 aromatic heterocycles. The zero-order valence-corrected chi connectivity index (χ0v) is 21.2. The molecule has 4 rings (SSSR count). The van der Waals surface area contributed by atoms with Crippen LogP contribution in [0, 0.1) is 58.2 Å². The molecule has 0 aromatic carbocycles. The Kier molecular flexibility index (Phi) is 6.75. The van der Waals surface area contributed by atoms with Gasteiger partial charge in [0.2, 0.25) is 0 Å². The van der Waals surface area contributed by atoms with Crippen LogP contribution in [0.4, 0.5) is 0 Å². The van der Waals surface area contributed by atoms with Crippen molar-refractivity contribution in [3.05, 3.63) is 12.2 Å². The lowest BCUT2D eigenvalue weighted by molar-refractivity contribution is -0.171. The third kappa shape index (κ3) is 3.96. The topological polar surface area (TPSA) is 40.5 Å². The molecule has 0 spiro atoms. The van der Waals surface area contributed by atoms with Crippen molar-refractivity contribution >= 4 is 0 Å². The quantitative estimate of drug-likeness (QED) is 0.468. The Balaban J connectivity index is 1.53. The van der Waals surface area contributed by atoms with Crippen molar-refractivity contribution in [2.24, 2.45) is 58.2 Å². The van der Waals surface area contributed by atoms with Gasteiger partial charge in [-0.15, -0.1) is 0 Å². The minimum Gasteiger partial charge on any atom is -0.393 e. The standard InChI is InChI=1S/C29H50O2/c1-7-20(18(2)3)9-8-19(4)23-10-11-24-22-17-27(31)26-16-21(30)12-14-29(26,6)25(22)13-15-28(23,24)5/h8-9,18-27,30-31H,7,10-17H2,1-6H3/b9-8+/t19-,20-,21-,22+,23-,24+,25+,26-,27-,28-,29-/m1/s1. The van der Waals surface area contributed by atoms with Crippen molar-refractivity contribution < 1.29 is 10.2 Å². The van der Waals surface area contributed by atoms with Gasteiger partial charge >= 0.3 is 0 Å². The number of rotatable bonds is 5. The van der Waals surface area contributed by atoms with Gasteiger partial charge in [-0.3, -0.25) is 0 Å². The van der Waals surface area contributed by atoms with Gasteiger partial charge in [-0.2, -0.15) is 0 Å². The maximum atomic E-state index is 11.2. The molecule has 31 heavy (non-hydrogen) atoms. The summed E-state index contributed by atoms with van der Waals surface area (Å²) in [5, 5.41) is 21.5. The van der Waals surface area contributed by atoms with Crippen LogP contribution in [-0.4, -0.2) is 22.4 Å². The van der Waals surface area contributed by atoms with Crippen molar-refractivity contribution in [2.75, 3.05) is 0 Å². The highest BCUT2D eigenvalue weighted by Gasteiger charge is 2.62. The number of aliphatic hydroxyl groups is 2. The Hall–Kier alpha value is -0.340. The summed E-state index contributed by atoms with van der Waals surface area (Å²) in [5.41, 5.74) is 0.666. The maximum absolute atomic E-state index is 11.2. The molecular formula is C29H50O2. The van der Waals surface area contributed by atoms with Gasteiger partial charge in [0, 0.05) is 0 Å². The van der Waals surface area contributed by atoms with Crippen molar-refractivity contribution in [1.29, 1.82) is 0 Å². The van der Waals surface area contributed by atoms with Crippen molar-refractivity contribution in [2.45, 2.75) is 112 Å². The van der Waals surface area contributed by atoms with Gasteiger partial charge < -0.3 is 10.2 Å². The first-order valence-electron chi connectivity index (χ1n) is 13.7. The predicted molar refractivity (Wildman–Crippen MR) is 130 cm³/mol. The van der Waals surface area contributed by atoms with E-state index < -0.39 is 0 Å². The highest BCUT2D eigenvalue weighted by atomic mass is 16.3. The van der Waals surface area contributed by atoms with Crippen LogP contribution < -0.4 is 0 Å². The van der Waals surface area contributed by atoms with E-state index in [4.69, 9.17) is 0 Å². The number of fused-ring (bicyclic) bond motifs is 5. The minimum absolute atomic E-state index is 0.195. The third-order valence-electron chi connectivity index (χ3n) is 11.3. The monoisotopic (exact) mass is 430 g/mol. The first kappa shape index (κ1) is 23.8. The molecule has 2 heteroatoms. The predicted octanol–water partition coefficient (Wildman–Crippen LogP) is 6.85. The Bertz CT molecular complexity index is 655. The molecule has 4 aliphatic rings. The van der Waals surface area contributed by atoms with Crippen LogP contribution in [0.3, 0.4) is 0 Å². The summed E-state index contributed by atoms with van der Waals surface area (Å²) >= 11 is 0. The lowest BCUT2D eigenvalue weighted by Crippen LogP contribution is -2.58. The maximum Gasteiger partial charge on any atom is 0.0577 e. The van der Waals surface area contributed by atoms with E-state index in [9.17, 15) is 10.2 Å². The van der Waals surface area contributed by atoms with E-state index >= 15 is 0 Å². The summed E-state index contributed by atoms with van der Waals surface area (Å²) in [7, 11) is 0. The normalized spacial score (nSPS) is 49.5. The molecule has 4 aliphatic carbocycles. The van der Waals surface area contributed by atoms with E-state index in [1.54, 1.807) is 0 Å². The molecule has 0 radical (unpaired) electrons. The second-order valence-corrected chi connectivity index (χ2v) is 13.0. The van der Waals surface area contributed by atoms with Gasteiger partial charge in [-0.25, -0.2) is 0 Å². The van der Waals surface area contributed by atoms with Gasteiger partial charge in [0.15, 0.2) is 0 Å². The van der Waals surface area contributed by atoms with E-state index in [0.29, 0.717) is 29.1 Å². The summed E-state index contributed by atoms with van der Waals surface area (Å²) < 4.78 is 0. The van der Waals surface area contributed by atoms with E-state index in [2.05, 4.69) is 53.7 Å². The second-order valence-electron chi connectivity index (χ2n) is 13.0. The molecule has 4 saturated carbocycles. The average Bonchev–Trinajstić information content (AvgIpc) is 3.07. The largest absolute Gasteiger partial charge is 0.393 e. The minimum atomic E-state index is -0.212. The summed E-state index contributed by atoms with van der Waals surface area (Å²) in [4.78, 5) is 0. The molecule has 0 heterocycles.